The zero-order chi connectivity index (χ0) is 23.9. The van der Waals surface area contributed by atoms with E-state index in [0.717, 1.165) is 12.1 Å². The van der Waals surface area contributed by atoms with Gasteiger partial charge in [-0.3, -0.25) is 25.0 Å². The van der Waals surface area contributed by atoms with Crippen molar-refractivity contribution in [3.63, 3.8) is 0 Å². The van der Waals surface area contributed by atoms with Gasteiger partial charge < -0.3 is 9.73 Å². The predicted octanol–water partition coefficient (Wildman–Crippen LogP) is 5.83. The number of carbonyl (C=O) groups excluding carboxylic acids is 1. The van der Waals surface area contributed by atoms with Gasteiger partial charge in [-0.05, 0) is 49.7 Å². The van der Waals surface area contributed by atoms with Crippen LogP contribution in [0.3, 0.4) is 0 Å². The number of nitrogens with one attached hydrogen (secondary N) is 1. The minimum absolute atomic E-state index is 0.129. The maximum absolute atomic E-state index is 12.8. The molecule has 0 aliphatic carbocycles. The second-order valence-electron chi connectivity index (χ2n) is 7.27. The quantitative estimate of drug-likeness (QED) is 0.288. The van der Waals surface area contributed by atoms with Crippen molar-refractivity contribution in [3.05, 3.63) is 90.5 Å². The van der Waals surface area contributed by atoms with Crippen LogP contribution in [-0.4, -0.2) is 20.7 Å². The number of nitro benzene ring substituents is 2. The van der Waals surface area contributed by atoms with Crippen LogP contribution >= 0.6 is 11.6 Å². The summed E-state index contributed by atoms with van der Waals surface area (Å²) in [7, 11) is 0. The van der Waals surface area contributed by atoms with Gasteiger partial charge >= 0.3 is 0 Å². The number of hydrogen-bond donors (Lipinski definition) is 1. The summed E-state index contributed by atoms with van der Waals surface area (Å²) in [6, 6.07) is 12.2. The minimum atomic E-state index is -0.759. The van der Waals surface area contributed by atoms with E-state index < -0.39 is 27.1 Å². The third-order valence-corrected chi connectivity index (χ3v) is 5.33. The van der Waals surface area contributed by atoms with E-state index in [0.29, 0.717) is 38.8 Å². The highest BCUT2D eigenvalue weighted by Crippen LogP contribution is 2.32. The second-order valence-corrected chi connectivity index (χ2v) is 7.71. The molecule has 1 aromatic heterocycles. The number of oxazole rings is 1. The van der Waals surface area contributed by atoms with E-state index in [1.165, 1.54) is 6.92 Å². The van der Waals surface area contributed by atoms with Crippen molar-refractivity contribution in [1.82, 2.24) is 4.98 Å². The highest BCUT2D eigenvalue weighted by atomic mass is 35.5. The molecule has 11 heteroatoms. The highest BCUT2D eigenvalue weighted by Gasteiger charge is 2.25. The summed E-state index contributed by atoms with van der Waals surface area (Å²) in [4.78, 5) is 38.3. The first kappa shape index (κ1) is 21.9. The van der Waals surface area contributed by atoms with Gasteiger partial charge in [-0.1, -0.05) is 17.7 Å². The average Bonchev–Trinajstić information content (AvgIpc) is 3.18. The molecule has 0 fully saturated rings. The molecular formula is C22H15ClN4O6. The zero-order valence-corrected chi connectivity index (χ0v) is 18.0. The normalized spacial score (nSPS) is 10.9. The van der Waals surface area contributed by atoms with Crippen LogP contribution in [0.4, 0.5) is 17.1 Å². The molecule has 166 valence electrons. The molecule has 0 bridgehead atoms. The number of benzene rings is 3. The van der Waals surface area contributed by atoms with Gasteiger partial charge in [-0.15, -0.1) is 0 Å². The molecule has 33 heavy (non-hydrogen) atoms. The molecule has 4 aromatic rings. The van der Waals surface area contributed by atoms with Gasteiger partial charge in [-0.2, -0.15) is 0 Å². The first-order chi connectivity index (χ1) is 15.6. The Morgan fingerprint density at radius 3 is 2.30 bits per heavy atom. The number of carbonyl (C=O) groups is 1. The molecule has 0 spiro atoms. The number of halogens is 1. The number of aromatic nitrogens is 1. The standard InChI is InChI=1S/C22H15ClN4O6/c1-11-3-4-13(22-25-17-10-15(23)5-6-20(17)33-22)7-16(11)24-21(28)14-8-18(26(29)30)12(2)19(9-14)27(31)32/h3-10H,1-2H3,(H,24,28). The number of nitro groups is 2. The van der Waals surface area contributed by atoms with Gasteiger partial charge in [0, 0.05) is 28.4 Å². The maximum Gasteiger partial charge on any atom is 0.279 e. The Labute approximate surface area is 191 Å². The van der Waals surface area contributed by atoms with Crippen LogP contribution in [0.25, 0.3) is 22.6 Å². The van der Waals surface area contributed by atoms with Crippen molar-refractivity contribution in [2.45, 2.75) is 13.8 Å². The van der Waals surface area contributed by atoms with Crippen molar-refractivity contribution < 1.29 is 19.1 Å². The smallest absolute Gasteiger partial charge is 0.279 e. The van der Waals surface area contributed by atoms with Crippen LogP contribution in [0, 0.1) is 34.1 Å². The van der Waals surface area contributed by atoms with Gasteiger partial charge in [-0.25, -0.2) is 4.98 Å². The Balaban J connectivity index is 1.70. The average molecular weight is 467 g/mol. The topological polar surface area (TPSA) is 141 Å². The molecule has 1 N–H and O–H groups in total. The molecule has 0 saturated heterocycles. The predicted molar refractivity (Wildman–Crippen MR) is 122 cm³/mol. The van der Waals surface area contributed by atoms with Crippen molar-refractivity contribution in [2.75, 3.05) is 5.32 Å². The number of aryl methyl sites for hydroxylation is 1. The first-order valence-electron chi connectivity index (χ1n) is 9.56. The van der Waals surface area contributed by atoms with Crippen molar-refractivity contribution in [2.24, 2.45) is 0 Å². The number of anilines is 1. The lowest BCUT2D eigenvalue weighted by molar-refractivity contribution is -0.395. The summed E-state index contributed by atoms with van der Waals surface area (Å²) in [5.41, 5.74) is 1.42. The summed E-state index contributed by atoms with van der Waals surface area (Å²) in [5, 5.41) is 25.8. The summed E-state index contributed by atoms with van der Waals surface area (Å²) < 4.78 is 5.76. The molecular weight excluding hydrogens is 452 g/mol. The molecule has 1 heterocycles. The Morgan fingerprint density at radius 2 is 1.67 bits per heavy atom. The molecule has 3 aromatic carbocycles. The Kier molecular flexibility index (Phi) is 5.52. The Morgan fingerprint density at radius 1 is 1.00 bits per heavy atom. The van der Waals surface area contributed by atoms with Crippen LogP contribution in [0.2, 0.25) is 5.02 Å². The molecule has 0 saturated carbocycles. The molecule has 0 atom stereocenters. The van der Waals surface area contributed by atoms with Gasteiger partial charge in [0.15, 0.2) is 5.58 Å². The lowest BCUT2D eigenvalue weighted by Gasteiger charge is -2.10. The Bertz CT molecular complexity index is 1430. The minimum Gasteiger partial charge on any atom is -0.436 e. The molecule has 0 unspecified atom stereocenters. The largest absolute Gasteiger partial charge is 0.436 e. The Hall–Kier alpha value is -4.31. The third kappa shape index (κ3) is 4.23. The van der Waals surface area contributed by atoms with Crippen molar-refractivity contribution in [1.29, 1.82) is 0 Å². The van der Waals surface area contributed by atoms with E-state index in [4.69, 9.17) is 16.0 Å². The van der Waals surface area contributed by atoms with Gasteiger partial charge in [0.05, 0.1) is 15.4 Å². The molecule has 0 radical (unpaired) electrons. The van der Waals surface area contributed by atoms with Gasteiger partial charge in [0.1, 0.15) is 11.1 Å². The number of fused-ring (bicyclic) bond motifs is 1. The SMILES string of the molecule is Cc1ccc(-c2nc3cc(Cl)ccc3o2)cc1NC(=O)c1cc([N+](=O)[O-])c(C)c([N+](=O)[O-])c1. The van der Waals surface area contributed by atoms with E-state index in [-0.39, 0.29) is 11.1 Å². The zero-order valence-electron chi connectivity index (χ0n) is 17.3. The highest BCUT2D eigenvalue weighted by molar-refractivity contribution is 6.31. The van der Waals surface area contributed by atoms with E-state index in [9.17, 15) is 25.0 Å². The maximum atomic E-state index is 12.8. The first-order valence-corrected chi connectivity index (χ1v) is 9.93. The van der Waals surface area contributed by atoms with Gasteiger partial charge in [0.25, 0.3) is 17.3 Å². The van der Waals surface area contributed by atoms with Crippen LogP contribution in [0.1, 0.15) is 21.5 Å². The van der Waals surface area contributed by atoms with Crippen LogP contribution in [0.5, 0.6) is 0 Å². The molecule has 0 aliphatic heterocycles. The second kappa shape index (κ2) is 8.32. The van der Waals surface area contributed by atoms with Crippen LogP contribution in [-0.2, 0) is 0 Å². The van der Waals surface area contributed by atoms with Crippen LogP contribution < -0.4 is 5.32 Å². The number of hydrogen-bond acceptors (Lipinski definition) is 7. The third-order valence-electron chi connectivity index (χ3n) is 5.09. The van der Waals surface area contributed by atoms with E-state index in [1.54, 1.807) is 43.3 Å². The van der Waals surface area contributed by atoms with E-state index >= 15 is 0 Å². The summed E-state index contributed by atoms with van der Waals surface area (Å²) in [5.74, 6) is -0.421. The van der Waals surface area contributed by atoms with Crippen molar-refractivity contribution >= 4 is 45.7 Å². The molecule has 10 nitrogen and oxygen atoms in total. The lowest BCUT2D eigenvalue weighted by Crippen LogP contribution is -2.14. The molecule has 1 amide bonds. The molecule has 0 aliphatic rings. The van der Waals surface area contributed by atoms with E-state index in [1.807, 2.05) is 0 Å². The summed E-state index contributed by atoms with van der Waals surface area (Å²) >= 11 is 5.99. The monoisotopic (exact) mass is 466 g/mol. The van der Waals surface area contributed by atoms with Crippen molar-refractivity contribution in [3.8, 4) is 11.5 Å². The molecule has 4 rings (SSSR count). The number of nitrogens with zero attached hydrogens (tertiary/aromatic N) is 3. The number of amides is 1. The fourth-order valence-corrected chi connectivity index (χ4v) is 3.47. The van der Waals surface area contributed by atoms with Gasteiger partial charge in [0.2, 0.25) is 5.89 Å². The lowest BCUT2D eigenvalue weighted by atomic mass is 10.1. The van der Waals surface area contributed by atoms with E-state index in [2.05, 4.69) is 10.3 Å². The number of rotatable bonds is 5. The van der Waals surface area contributed by atoms with Crippen LogP contribution in [0.15, 0.2) is 52.9 Å². The fourth-order valence-electron chi connectivity index (χ4n) is 3.30. The summed E-state index contributed by atoms with van der Waals surface area (Å²) in [6.45, 7) is 3.02. The fraction of sp³-hybridized carbons (Fsp3) is 0.0909. The summed E-state index contributed by atoms with van der Waals surface area (Å²) in [6.07, 6.45) is 0.